The molecular weight excluding hydrogens is 413 g/mol. The third-order valence-electron chi connectivity index (χ3n) is 4.93. The summed E-state index contributed by atoms with van der Waals surface area (Å²) in [6.07, 6.45) is -3.10. The minimum absolute atomic E-state index is 0.144. The molecule has 0 aromatic carbocycles. The maximum atomic E-state index is 12.5. The molecule has 1 spiro atoms. The van der Waals surface area contributed by atoms with Gasteiger partial charge in [-0.3, -0.25) is 4.79 Å². The molecule has 2 fully saturated rings. The number of alkyl halides is 3. The number of carboxylic acids is 1. The van der Waals surface area contributed by atoms with Crippen molar-refractivity contribution in [3.63, 3.8) is 0 Å². The number of ether oxygens (including phenoxy) is 2. The topological polar surface area (TPSA) is 79.3 Å². The number of carbonyl (C=O) groups excluding carboxylic acids is 1. The van der Waals surface area contributed by atoms with Crippen molar-refractivity contribution in [2.45, 2.75) is 24.6 Å². The van der Waals surface area contributed by atoms with Gasteiger partial charge in [0.15, 0.2) is 0 Å². The molecule has 2 aliphatic heterocycles. The second-order valence-electron chi connectivity index (χ2n) is 6.91. The van der Waals surface area contributed by atoms with Crippen molar-refractivity contribution in [1.29, 1.82) is 0 Å². The van der Waals surface area contributed by atoms with Crippen LogP contribution in [0, 0.1) is 0 Å². The Morgan fingerprint density at radius 1 is 1.31 bits per heavy atom. The van der Waals surface area contributed by atoms with Crippen LogP contribution in [0.25, 0.3) is 0 Å². The molecule has 0 radical (unpaired) electrons. The SMILES string of the molecule is COCCN1CCC2(CC1)CN(C(=O)c1ccsc1)CCO2.O=C(O)C(F)(F)F. The molecule has 0 aliphatic carbocycles. The Balaban J connectivity index is 0.000000370. The molecular formula is C18H25F3N2O5S. The molecule has 1 amide bonds. The van der Waals surface area contributed by atoms with E-state index in [1.54, 1.807) is 18.4 Å². The van der Waals surface area contributed by atoms with Gasteiger partial charge in [-0.15, -0.1) is 0 Å². The summed E-state index contributed by atoms with van der Waals surface area (Å²) in [7, 11) is 1.74. The highest BCUT2D eigenvalue weighted by Crippen LogP contribution is 2.30. The van der Waals surface area contributed by atoms with Gasteiger partial charge in [-0.25, -0.2) is 4.79 Å². The van der Waals surface area contributed by atoms with Gasteiger partial charge >= 0.3 is 12.1 Å². The van der Waals surface area contributed by atoms with Crippen molar-refractivity contribution in [3.8, 4) is 0 Å². The largest absolute Gasteiger partial charge is 0.490 e. The number of hydrogen-bond donors (Lipinski definition) is 1. The predicted octanol–water partition coefficient (Wildman–Crippen LogP) is 2.33. The van der Waals surface area contributed by atoms with Crippen molar-refractivity contribution < 1.29 is 37.3 Å². The number of methoxy groups -OCH3 is 1. The second-order valence-corrected chi connectivity index (χ2v) is 7.69. The summed E-state index contributed by atoms with van der Waals surface area (Å²) >= 11 is 1.57. The van der Waals surface area contributed by atoms with Crippen LogP contribution in [-0.4, -0.2) is 91.6 Å². The van der Waals surface area contributed by atoms with Crippen LogP contribution >= 0.6 is 11.3 Å². The van der Waals surface area contributed by atoms with Gasteiger partial charge in [-0.2, -0.15) is 24.5 Å². The molecule has 7 nitrogen and oxygen atoms in total. The number of likely N-dealkylation sites (tertiary alicyclic amines) is 1. The quantitative estimate of drug-likeness (QED) is 0.778. The van der Waals surface area contributed by atoms with Gasteiger partial charge in [0.1, 0.15) is 0 Å². The average molecular weight is 438 g/mol. The monoisotopic (exact) mass is 438 g/mol. The van der Waals surface area contributed by atoms with Gasteiger partial charge in [0.2, 0.25) is 0 Å². The van der Waals surface area contributed by atoms with E-state index in [0.717, 1.165) is 51.2 Å². The van der Waals surface area contributed by atoms with E-state index in [4.69, 9.17) is 19.4 Å². The van der Waals surface area contributed by atoms with E-state index in [1.165, 1.54) is 0 Å². The van der Waals surface area contributed by atoms with Crippen LogP contribution in [0.15, 0.2) is 16.8 Å². The maximum absolute atomic E-state index is 12.5. The third-order valence-corrected chi connectivity index (χ3v) is 5.61. The fraction of sp³-hybridized carbons (Fsp3) is 0.667. The minimum Gasteiger partial charge on any atom is -0.475 e. The lowest BCUT2D eigenvalue weighted by atomic mass is 9.89. The van der Waals surface area contributed by atoms with Crippen LogP contribution in [0.2, 0.25) is 0 Å². The average Bonchev–Trinajstić information content (AvgIpc) is 3.22. The van der Waals surface area contributed by atoms with Crippen LogP contribution in [0.5, 0.6) is 0 Å². The Morgan fingerprint density at radius 3 is 2.48 bits per heavy atom. The van der Waals surface area contributed by atoms with E-state index < -0.39 is 12.1 Å². The highest BCUT2D eigenvalue weighted by atomic mass is 32.1. The number of carbonyl (C=O) groups is 2. The lowest BCUT2D eigenvalue weighted by Gasteiger charge is -2.47. The van der Waals surface area contributed by atoms with Gasteiger partial charge in [0.05, 0.1) is 30.9 Å². The Morgan fingerprint density at radius 2 is 1.97 bits per heavy atom. The van der Waals surface area contributed by atoms with Crippen molar-refractivity contribution in [2.24, 2.45) is 0 Å². The van der Waals surface area contributed by atoms with Gasteiger partial charge in [0.25, 0.3) is 5.91 Å². The van der Waals surface area contributed by atoms with E-state index in [2.05, 4.69) is 4.90 Å². The van der Waals surface area contributed by atoms with E-state index in [9.17, 15) is 18.0 Å². The number of halogens is 3. The van der Waals surface area contributed by atoms with Crippen LogP contribution in [-0.2, 0) is 14.3 Å². The number of piperidine rings is 1. The van der Waals surface area contributed by atoms with Gasteiger partial charge in [-0.1, -0.05) is 0 Å². The number of carboxylic acid groups (broad SMARTS) is 1. The highest BCUT2D eigenvalue weighted by Gasteiger charge is 2.41. The van der Waals surface area contributed by atoms with Crippen LogP contribution in [0.3, 0.4) is 0 Å². The molecule has 0 bridgehead atoms. The maximum Gasteiger partial charge on any atom is 0.490 e. The molecule has 1 N–H and O–H groups in total. The van der Waals surface area contributed by atoms with Crippen molar-refractivity contribution in [1.82, 2.24) is 9.80 Å². The minimum atomic E-state index is -5.08. The van der Waals surface area contributed by atoms with Crippen LogP contribution in [0.4, 0.5) is 13.2 Å². The van der Waals surface area contributed by atoms with Crippen LogP contribution < -0.4 is 0 Å². The molecule has 1 aromatic heterocycles. The number of hydrogen-bond acceptors (Lipinski definition) is 6. The van der Waals surface area contributed by atoms with Crippen molar-refractivity contribution in [2.75, 3.05) is 53.0 Å². The zero-order chi connectivity index (χ0) is 21.5. The van der Waals surface area contributed by atoms with E-state index in [1.807, 2.05) is 21.7 Å². The number of nitrogens with zero attached hydrogens (tertiary/aromatic N) is 2. The second kappa shape index (κ2) is 10.4. The zero-order valence-electron chi connectivity index (χ0n) is 16.1. The Hall–Kier alpha value is -1.69. The summed E-state index contributed by atoms with van der Waals surface area (Å²) < 4.78 is 43.0. The molecule has 0 saturated carbocycles. The van der Waals surface area contributed by atoms with E-state index in [0.29, 0.717) is 13.2 Å². The number of aliphatic carboxylic acids is 1. The summed E-state index contributed by atoms with van der Waals surface area (Å²) in [6.45, 7) is 5.85. The molecule has 2 aliphatic rings. The van der Waals surface area contributed by atoms with Crippen molar-refractivity contribution >= 4 is 23.2 Å². The van der Waals surface area contributed by atoms with Gasteiger partial charge in [0, 0.05) is 38.7 Å². The number of amides is 1. The number of rotatable bonds is 4. The van der Waals surface area contributed by atoms with Crippen molar-refractivity contribution in [3.05, 3.63) is 22.4 Å². The molecule has 0 unspecified atom stereocenters. The fourth-order valence-electron chi connectivity index (χ4n) is 3.29. The number of morpholine rings is 1. The van der Waals surface area contributed by atoms with Gasteiger partial charge < -0.3 is 24.4 Å². The first-order chi connectivity index (χ1) is 13.7. The smallest absolute Gasteiger partial charge is 0.475 e. The Kier molecular flexibility index (Phi) is 8.44. The van der Waals surface area contributed by atoms with E-state index in [-0.39, 0.29) is 11.5 Å². The zero-order valence-corrected chi connectivity index (χ0v) is 16.9. The molecule has 11 heteroatoms. The predicted molar refractivity (Wildman–Crippen MR) is 100 cm³/mol. The Bertz CT molecular complexity index is 661. The summed E-state index contributed by atoms with van der Waals surface area (Å²) in [5, 5.41) is 11.0. The summed E-state index contributed by atoms with van der Waals surface area (Å²) in [5.74, 6) is -2.61. The molecule has 3 rings (SSSR count). The first-order valence-electron chi connectivity index (χ1n) is 9.14. The highest BCUT2D eigenvalue weighted by molar-refractivity contribution is 7.08. The Labute approximate surface area is 171 Å². The number of thiophene rings is 1. The fourth-order valence-corrected chi connectivity index (χ4v) is 3.92. The summed E-state index contributed by atoms with van der Waals surface area (Å²) in [6, 6.07) is 1.91. The summed E-state index contributed by atoms with van der Waals surface area (Å²) in [5.41, 5.74) is 0.660. The molecule has 3 heterocycles. The normalized spacial score (nSPS) is 19.5. The standard InChI is InChI=1S/C16H24N2O3S.C2HF3O2/c1-20-9-7-17-5-3-16(4-6-17)13-18(8-10-21-16)15(19)14-2-11-22-12-14;3-2(4,5)1(6)7/h2,11-12H,3-10,13H2,1H3;(H,6,7). The molecule has 164 valence electrons. The third kappa shape index (κ3) is 6.95. The molecule has 0 atom stereocenters. The molecule has 1 aromatic rings. The first kappa shape index (κ1) is 23.6. The summed E-state index contributed by atoms with van der Waals surface area (Å²) in [4.78, 5) is 25.8. The molecule has 2 saturated heterocycles. The van der Waals surface area contributed by atoms with Crippen LogP contribution in [0.1, 0.15) is 23.2 Å². The van der Waals surface area contributed by atoms with E-state index >= 15 is 0 Å². The first-order valence-corrected chi connectivity index (χ1v) is 10.1. The lowest BCUT2D eigenvalue weighted by Crippen LogP contribution is -2.58. The van der Waals surface area contributed by atoms with Gasteiger partial charge in [-0.05, 0) is 24.3 Å². The lowest BCUT2D eigenvalue weighted by molar-refractivity contribution is -0.192. The molecule has 29 heavy (non-hydrogen) atoms.